The van der Waals surface area contributed by atoms with Crippen molar-refractivity contribution in [3.05, 3.63) is 396 Å². The molecule has 96 heavy (non-hydrogen) atoms. The van der Waals surface area contributed by atoms with E-state index in [-0.39, 0.29) is 0 Å². The molecule has 0 radical (unpaired) electrons. The number of nitrogens with zero attached hydrogens (tertiary/aromatic N) is 2. The first-order valence-electron chi connectivity index (χ1n) is 33.4. The first-order valence-corrected chi connectivity index (χ1v) is 33.4. The molecule has 0 fully saturated rings. The zero-order valence-electron chi connectivity index (χ0n) is 52.4. The van der Waals surface area contributed by atoms with Gasteiger partial charge in [0, 0.05) is 22.3 Å². The highest BCUT2D eigenvalue weighted by Crippen LogP contribution is 2.65. The van der Waals surface area contributed by atoms with Crippen LogP contribution in [0.5, 0.6) is 0 Å². The zero-order chi connectivity index (χ0) is 63.1. The van der Waals surface area contributed by atoms with Crippen molar-refractivity contribution in [2.45, 2.75) is 10.8 Å². The third-order valence-electron chi connectivity index (χ3n) is 21.4. The van der Waals surface area contributed by atoms with Gasteiger partial charge in [0.05, 0.1) is 33.3 Å². The second kappa shape index (κ2) is 21.1. The van der Waals surface area contributed by atoms with Gasteiger partial charge in [0.25, 0.3) is 0 Å². The number of aromatic nitrogens is 2. The summed E-state index contributed by atoms with van der Waals surface area (Å²) in [5, 5.41) is 0. The van der Waals surface area contributed by atoms with Crippen molar-refractivity contribution in [3.8, 4) is 134 Å². The van der Waals surface area contributed by atoms with Crippen LogP contribution < -0.4 is 0 Å². The third kappa shape index (κ3) is 7.81. The Morgan fingerprint density at radius 2 is 0.375 bits per heavy atom. The molecule has 2 nitrogen and oxygen atoms in total. The predicted octanol–water partition coefficient (Wildman–Crippen LogP) is 23.7. The van der Waals surface area contributed by atoms with Crippen LogP contribution in [0.15, 0.2) is 352 Å². The van der Waals surface area contributed by atoms with E-state index >= 15 is 0 Å². The number of hydrogen-bond donors (Lipinski definition) is 0. The second-order valence-electron chi connectivity index (χ2n) is 26.1. The Balaban J connectivity index is 0.768. The van der Waals surface area contributed by atoms with Crippen molar-refractivity contribution in [1.29, 1.82) is 0 Å². The topological polar surface area (TPSA) is 25.8 Å². The Bertz CT molecular complexity index is 5390. The number of fused-ring (bicyclic) bond motifs is 21. The minimum absolute atomic E-state index is 0.441. The van der Waals surface area contributed by atoms with E-state index in [1.54, 1.807) is 0 Å². The smallest absolute Gasteiger partial charge is 0.0979 e. The van der Waals surface area contributed by atoms with Gasteiger partial charge in [0.2, 0.25) is 0 Å². The van der Waals surface area contributed by atoms with E-state index in [4.69, 9.17) is 9.97 Å². The summed E-state index contributed by atoms with van der Waals surface area (Å²) in [6.07, 6.45) is 0. The summed E-state index contributed by atoms with van der Waals surface area (Å²) < 4.78 is 0. The van der Waals surface area contributed by atoms with Crippen LogP contribution in [-0.2, 0) is 10.8 Å². The summed E-state index contributed by atoms with van der Waals surface area (Å²) in [4.78, 5) is 12.0. The van der Waals surface area contributed by atoms with Gasteiger partial charge in [-0.1, -0.05) is 328 Å². The van der Waals surface area contributed by atoms with Gasteiger partial charge in [-0.15, -0.1) is 0 Å². The fourth-order valence-corrected chi connectivity index (χ4v) is 17.2. The van der Waals surface area contributed by atoms with Gasteiger partial charge in [-0.2, -0.15) is 0 Å². The van der Waals surface area contributed by atoms with Crippen molar-refractivity contribution >= 4 is 11.0 Å². The average Bonchev–Trinajstić information content (AvgIpc) is 1.51. The highest BCUT2D eigenvalue weighted by molar-refractivity contribution is 6.05. The van der Waals surface area contributed by atoms with Crippen LogP contribution in [0, 0.1) is 0 Å². The first kappa shape index (κ1) is 54.2. The SMILES string of the molecule is c1ccc(-c2cccc(-c3ccc(-c4cccc(-c5ccccc5)c4)c4nc(-c5ccc(-c6ccc7c(c6)C6(c8ccccc8-c8ccccc86)c6ccccc6-7)cc5)c(-c5ccc(-c6ccc7c(c6)C6(c8ccccc8-c8ccccc86)c6ccccc6-7)cc5)nc34)c2)cc1. The number of hydrogen-bond acceptors (Lipinski definition) is 2. The van der Waals surface area contributed by atoms with Crippen molar-refractivity contribution < 1.29 is 0 Å². The quantitative estimate of drug-likeness (QED) is 0.152. The Morgan fingerprint density at radius 3 is 0.708 bits per heavy atom. The van der Waals surface area contributed by atoms with Gasteiger partial charge in [-0.25, -0.2) is 9.97 Å². The van der Waals surface area contributed by atoms with E-state index in [0.717, 1.165) is 89.2 Å². The predicted molar refractivity (Wildman–Crippen MR) is 396 cm³/mol. The van der Waals surface area contributed by atoms with Crippen LogP contribution in [0.2, 0.25) is 0 Å². The van der Waals surface area contributed by atoms with Crippen LogP contribution in [0.4, 0.5) is 0 Å². The molecule has 2 heteroatoms. The van der Waals surface area contributed by atoms with Crippen LogP contribution in [0.3, 0.4) is 0 Å². The number of benzene rings is 15. The third-order valence-corrected chi connectivity index (χ3v) is 21.4. The van der Waals surface area contributed by atoms with Gasteiger partial charge in [-0.05, 0) is 169 Å². The van der Waals surface area contributed by atoms with Crippen LogP contribution in [-0.4, -0.2) is 9.97 Å². The Morgan fingerprint density at radius 1 is 0.146 bits per heavy atom. The molecule has 1 aromatic heterocycles. The molecule has 4 aliphatic rings. The molecule has 0 unspecified atom stereocenters. The van der Waals surface area contributed by atoms with Gasteiger partial charge in [-0.3, -0.25) is 0 Å². The van der Waals surface area contributed by atoms with Crippen LogP contribution in [0.25, 0.3) is 145 Å². The molecule has 4 aliphatic carbocycles. The van der Waals surface area contributed by atoms with Gasteiger partial charge in [0.1, 0.15) is 0 Å². The van der Waals surface area contributed by atoms with E-state index < -0.39 is 10.8 Å². The molecule has 0 bridgehead atoms. The van der Waals surface area contributed by atoms with Crippen LogP contribution in [0.1, 0.15) is 44.5 Å². The molecule has 0 saturated carbocycles. The maximum absolute atomic E-state index is 5.99. The summed E-state index contributed by atoms with van der Waals surface area (Å²) in [5.41, 5.74) is 38.8. The molecule has 1 heterocycles. The molecular formula is C94H58N2. The molecule has 16 aromatic rings. The lowest BCUT2D eigenvalue weighted by Crippen LogP contribution is -2.25. The fraction of sp³-hybridized carbons (Fsp3) is 0.0213. The Kier molecular flexibility index (Phi) is 11.9. The molecule has 2 spiro atoms. The summed E-state index contributed by atoms with van der Waals surface area (Å²) >= 11 is 0. The average molecular weight is 1220 g/mol. The van der Waals surface area contributed by atoms with Gasteiger partial charge >= 0.3 is 0 Å². The summed E-state index contributed by atoms with van der Waals surface area (Å²) in [6.45, 7) is 0. The number of rotatable bonds is 8. The standard InChI is InChI=1S/C94H58N2/c1-3-21-59(22-4-1)65-25-19-27-69(55-65)71-53-54-72(70-28-20-26-66(56-70)60-23-5-2-6-24-60)92-91(71)95-89(63-45-41-61(42-46-63)67-49-51-79-77-33-11-17-39-85(77)93(87(79)57-67)81-35-13-7-29-73(81)74-30-8-14-36-82(74)93)90(96-92)64-47-43-62(44-48-64)68-50-52-80-78-34-12-18-40-86(78)94(88(80)58-68)83-37-15-9-31-75(83)76-32-10-16-38-84(76)94/h1-58H. The largest absolute Gasteiger partial charge is 0.243 e. The lowest BCUT2D eigenvalue weighted by Gasteiger charge is -2.30. The highest BCUT2D eigenvalue weighted by atomic mass is 14.8. The van der Waals surface area contributed by atoms with E-state index in [1.807, 2.05) is 0 Å². The van der Waals surface area contributed by atoms with E-state index in [9.17, 15) is 0 Å². The van der Waals surface area contributed by atoms with Crippen molar-refractivity contribution in [3.63, 3.8) is 0 Å². The van der Waals surface area contributed by atoms with E-state index in [1.165, 1.54) is 100 Å². The molecular weight excluding hydrogens is 1160 g/mol. The maximum Gasteiger partial charge on any atom is 0.0979 e. The van der Waals surface area contributed by atoms with Crippen molar-refractivity contribution in [2.75, 3.05) is 0 Å². The minimum Gasteiger partial charge on any atom is -0.243 e. The van der Waals surface area contributed by atoms with Crippen molar-refractivity contribution in [2.24, 2.45) is 0 Å². The summed E-state index contributed by atoms with van der Waals surface area (Å²) in [7, 11) is 0. The first-order chi connectivity index (χ1) is 47.6. The van der Waals surface area contributed by atoms with Gasteiger partial charge < -0.3 is 0 Å². The molecule has 0 saturated heterocycles. The Labute approximate surface area is 558 Å². The van der Waals surface area contributed by atoms with Gasteiger partial charge in [0.15, 0.2) is 0 Å². The molecule has 0 aliphatic heterocycles. The maximum atomic E-state index is 5.99. The normalized spacial score (nSPS) is 13.4. The van der Waals surface area contributed by atoms with E-state index in [0.29, 0.717) is 0 Å². The highest BCUT2D eigenvalue weighted by Gasteiger charge is 2.53. The summed E-state index contributed by atoms with van der Waals surface area (Å²) in [5.74, 6) is 0. The second-order valence-corrected chi connectivity index (χ2v) is 26.1. The fourth-order valence-electron chi connectivity index (χ4n) is 17.2. The molecule has 20 rings (SSSR count). The lowest BCUT2D eigenvalue weighted by molar-refractivity contribution is 0.794. The molecule has 444 valence electrons. The van der Waals surface area contributed by atoms with E-state index in [2.05, 4.69) is 352 Å². The lowest BCUT2D eigenvalue weighted by atomic mass is 9.70. The molecule has 15 aromatic carbocycles. The molecule has 0 N–H and O–H groups in total. The minimum atomic E-state index is -0.441. The Hall–Kier alpha value is -12.4. The molecule has 0 amide bonds. The van der Waals surface area contributed by atoms with Crippen molar-refractivity contribution in [1.82, 2.24) is 9.97 Å². The zero-order valence-corrected chi connectivity index (χ0v) is 52.4. The molecule has 0 atom stereocenters. The summed E-state index contributed by atoms with van der Waals surface area (Å²) in [6, 6.07) is 130. The monoisotopic (exact) mass is 1210 g/mol. The van der Waals surface area contributed by atoms with Crippen LogP contribution >= 0.6 is 0 Å².